The number of aromatic carboxylic acids is 1. The topological polar surface area (TPSA) is 63.3 Å². The van der Waals surface area contributed by atoms with Crippen molar-refractivity contribution in [2.75, 3.05) is 0 Å². The summed E-state index contributed by atoms with van der Waals surface area (Å²) in [5.74, 6) is -0.801. The number of halogens is 2. The molecular formula is C12H5Cl2NO3S2. The quantitative estimate of drug-likeness (QED) is 0.713. The zero-order valence-corrected chi connectivity index (χ0v) is 12.7. The van der Waals surface area contributed by atoms with Gasteiger partial charge in [-0.05, 0) is 17.5 Å². The fourth-order valence-electron chi connectivity index (χ4n) is 1.65. The number of carboxylic acids is 1. The average molecular weight is 346 g/mol. The van der Waals surface area contributed by atoms with Crippen LogP contribution in [0.15, 0.2) is 28.0 Å². The van der Waals surface area contributed by atoms with Crippen LogP contribution in [0.4, 0.5) is 0 Å². The number of aromatic nitrogens is 1. The molecule has 3 aromatic rings. The van der Waals surface area contributed by atoms with E-state index in [1.165, 1.54) is 11.3 Å². The molecule has 0 amide bonds. The molecule has 3 heterocycles. The molecule has 0 unspecified atom stereocenters. The number of oxazole rings is 1. The van der Waals surface area contributed by atoms with Crippen LogP contribution in [0.3, 0.4) is 0 Å². The molecule has 3 rings (SSSR count). The summed E-state index contributed by atoms with van der Waals surface area (Å²) in [6.07, 6.45) is 0. The van der Waals surface area contributed by atoms with Crippen LogP contribution in [0.1, 0.15) is 10.5 Å². The minimum Gasteiger partial charge on any atom is -0.476 e. The summed E-state index contributed by atoms with van der Waals surface area (Å²) in [5, 5.41) is 11.1. The number of nitrogens with zero attached hydrogens (tertiary/aromatic N) is 1. The molecule has 0 aliphatic carbocycles. The number of thiophene rings is 2. The summed E-state index contributed by atoms with van der Waals surface area (Å²) < 4.78 is 6.40. The van der Waals surface area contributed by atoms with Crippen molar-refractivity contribution in [2.45, 2.75) is 0 Å². The van der Waals surface area contributed by atoms with Gasteiger partial charge in [0.25, 0.3) is 0 Å². The highest BCUT2D eigenvalue weighted by Gasteiger charge is 2.25. The van der Waals surface area contributed by atoms with Gasteiger partial charge in [-0.2, -0.15) is 0 Å². The predicted octanol–water partition coefficient (Wildman–Crippen LogP) is 5.14. The lowest BCUT2D eigenvalue weighted by atomic mass is 10.2. The molecule has 3 aromatic heterocycles. The first-order valence-electron chi connectivity index (χ1n) is 5.29. The van der Waals surface area contributed by atoms with Crippen molar-refractivity contribution in [3.63, 3.8) is 0 Å². The normalized spacial score (nSPS) is 10.9. The molecule has 0 fully saturated rings. The summed E-state index contributed by atoms with van der Waals surface area (Å²) in [7, 11) is 0. The minimum atomic E-state index is -1.18. The van der Waals surface area contributed by atoms with E-state index in [0.29, 0.717) is 14.2 Å². The van der Waals surface area contributed by atoms with Crippen LogP contribution in [-0.2, 0) is 0 Å². The molecule has 0 atom stereocenters. The van der Waals surface area contributed by atoms with Gasteiger partial charge in [0.05, 0.1) is 14.8 Å². The standard InChI is InChI=1S/C12H5Cl2NO3S2/c13-7-4-5(10(14)20-7)9-8(12(16)17)15-11(18-9)6-2-1-3-19-6/h1-4H,(H,16,17). The number of rotatable bonds is 3. The summed E-state index contributed by atoms with van der Waals surface area (Å²) in [6, 6.07) is 5.20. The van der Waals surface area contributed by atoms with Crippen molar-refractivity contribution in [2.24, 2.45) is 0 Å². The lowest BCUT2D eigenvalue weighted by molar-refractivity contribution is 0.0691. The lowest BCUT2D eigenvalue weighted by Crippen LogP contribution is -1.98. The first kappa shape index (κ1) is 13.6. The molecule has 0 spiro atoms. The van der Waals surface area contributed by atoms with Crippen LogP contribution < -0.4 is 0 Å². The first-order chi connectivity index (χ1) is 9.56. The van der Waals surface area contributed by atoms with Crippen LogP contribution in [0, 0.1) is 0 Å². The number of hydrogen-bond donors (Lipinski definition) is 1. The Morgan fingerprint density at radius 2 is 2.20 bits per heavy atom. The van der Waals surface area contributed by atoms with E-state index in [-0.39, 0.29) is 17.3 Å². The molecule has 0 aliphatic rings. The number of hydrogen-bond acceptors (Lipinski definition) is 5. The van der Waals surface area contributed by atoms with E-state index in [1.807, 2.05) is 11.4 Å². The van der Waals surface area contributed by atoms with Gasteiger partial charge < -0.3 is 9.52 Å². The Morgan fingerprint density at radius 3 is 2.75 bits per heavy atom. The predicted molar refractivity (Wildman–Crippen MR) is 80.1 cm³/mol. The zero-order valence-electron chi connectivity index (χ0n) is 9.59. The van der Waals surface area contributed by atoms with Crippen molar-refractivity contribution >= 4 is 51.8 Å². The van der Waals surface area contributed by atoms with Gasteiger partial charge in [-0.25, -0.2) is 9.78 Å². The monoisotopic (exact) mass is 345 g/mol. The Bertz CT molecular complexity index is 777. The Hall–Kier alpha value is -1.34. The fraction of sp³-hybridized carbons (Fsp3) is 0. The molecule has 4 nitrogen and oxygen atoms in total. The first-order valence-corrected chi connectivity index (χ1v) is 7.74. The fourth-order valence-corrected chi connectivity index (χ4v) is 3.76. The Balaban J connectivity index is 2.19. The second-order valence-corrected chi connectivity index (χ2v) is 6.95. The zero-order chi connectivity index (χ0) is 14.3. The second kappa shape index (κ2) is 5.21. The van der Waals surface area contributed by atoms with Gasteiger partial charge in [0, 0.05) is 0 Å². The maximum Gasteiger partial charge on any atom is 0.358 e. The number of carboxylic acid groups (broad SMARTS) is 1. The van der Waals surface area contributed by atoms with Gasteiger partial charge in [-0.3, -0.25) is 0 Å². The number of carbonyl (C=O) groups is 1. The van der Waals surface area contributed by atoms with E-state index in [1.54, 1.807) is 12.1 Å². The molecule has 0 saturated carbocycles. The molecule has 1 N–H and O–H groups in total. The van der Waals surface area contributed by atoms with Crippen molar-refractivity contribution in [1.29, 1.82) is 0 Å². The molecule has 20 heavy (non-hydrogen) atoms. The third-order valence-corrected chi connectivity index (χ3v) is 4.81. The van der Waals surface area contributed by atoms with Crippen LogP contribution in [0.25, 0.3) is 22.1 Å². The highest BCUT2D eigenvalue weighted by Crippen LogP contribution is 2.41. The van der Waals surface area contributed by atoms with E-state index in [9.17, 15) is 9.90 Å². The molecule has 0 aromatic carbocycles. The highest BCUT2D eigenvalue weighted by atomic mass is 35.5. The molecule has 0 saturated heterocycles. The summed E-state index contributed by atoms with van der Waals surface area (Å²) in [4.78, 5) is 16.1. The Kier molecular flexibility index (Phi) is 3.55. The van der Waals surface area contributed by atoms with Crippen LogP contribution in [-0.4, -0.2) is 16.1 Å². The van der Waals surface area contributed by atoms with Gasteiger partial charge >= 0.3 is 5.97 Å². The van der Waals surface area contributed by atoms with Crippen molar-refractivity contribution in [1.82, 2.24) is 4.98 Å². The third-order valence-electron chi connectivity index (χ3n) is 2.46. The van der Waals surface area contributed by atoms with E-state index >= 15 is 0 Å². The third kappa shape index (κ3) is 2.35. The van der Waals surface area contributed by atoms with Crippen molar-refractivity contribution in [3.05, 3.63) is 37.9 Å². The van der Waals surface area contributed by atoms with Crippen molar-refractivity contribution in [3.8, 4) is 22.1 Å². The average Bonchev–Trinajstić information content (AvgIpc) is 3.07. The summed E-state index contributed by atoms with van der Waals surface area (Å²) >= 11 is 14.5. The van der Waals surface area contributed by atoms with E-state index < -0.39 is 5.97 Å². The van der Waals surface area contributed by atoms with Crippen LogP contribution in [0.2, 0.25) is 8.67 Å². The van der Waals surface area contributed by atoms with E-state index in [4.69, 9.17) is 27.6 Å². The van der Waals surface area contributed by atoms with E-state index in [0.717, 1.165) is 16.2 Å². The maximum absolute atomic E-state index is 11.3. The smallest absolute Gasteiger partial charge is 0.358 e. The van der Waals surface area contributed by atoms with Crippen LogP contribution >= 0.6 is 45.9 Å². The molecule has 102 valence electrons. The largest absolute Gasteiger partial charge is 0.476 e. The van der Waals surface area contributed by atoms with Crippen LogP contribution in [0.5, 0.6) is 0 Å². The maximum atomic E-state index is 11.3. The molecule has 8 heteroatoms. The lowest BCUT2D eigenvalue weighted by Gasteiger charge is -1.94. The molecular weight excluding hydrogens is 341 g/mol. The Morgan fingerprint density at radius 1 is 1.40 bits per heavy atom. The van der Waals surface area contributed by atoms with Gasteiger partial charge in [-0.1, -0.05) is 29.3 Å². The highest BCUT2D eigenvalue weighted by molar-refractivity contribution is 7.20. The van der Waals surface area contributed by atoms with Gasteiger partial charge in [-0.15, -0.1) is 22.7 Å². The summed E-state index contributed by atoms with van der Waals surface area (Å²) in [6.45, 7) is 0. The van der Waals surface area contributed by atoms with E-state index in [2.05, 4.69) is 4.98 Å². The molecule has 0 aliphatic heterocycles. The summed E-state index contributed by atoms with van der Waals surface area (Å²) in [5.41, 5.74) is 0.263. The SMILES string of the molecule is O=C(O)c1nc(-c2cccs2)oc1-c1cc(Cl)sc1Cl. The Labute approximate surface area is 131 Å². The second-order valence-electron chi connectivity index (χ2n) is 3.72. The molecule has 0 radical (unpaired) electrons. The minimum absolute atomic E-state index is 0.119. The van der Waals surface area contributed by atoms with Gasteiger partial charge in [0.1, 0.15) is 4.34 Å². The molecule has 0 bridgehead atoms. The van der Waals surface area contributed by atoms with Crippen molar-refractivity contribution < 1.29 is 14.3 Å². The van der Waals surface area contributed by atoms with Gasteiger partial charge in [0.15, 0.2) is 11.5 Å². The van der Waals surface area contributed by atoms with Gasteiger partial charge in [0.2, 0.25) is 5.89 Å².